The van der Waals surface area contributed by atoms with Crippen molar-refractivity contribution in [3.05, 3.63) is 64.4 Å². The molecule has 1 atom stereocenters. The molecule has 0 saturated carbocycles. The predicted molar refractivity (Wildman–Crippen MR) is 106 cm³/mol. The zero-order chi connectivity index (χ0) is 20.3. The van der Waals surface area contributed by atoms with Crippen molar-refractivity contribution in [3.8, 4) is 5.75 Å². The van der Waals surface area contributed by atoms with Gasteiger partial charge >= 0.3 is 0 Å². The molecule has 8 heteroatoms. The summed E-state index contributed by atoms with van der Waals surface area (Å²) < 4.78 is 42.9. The van der Waals surface area contributed by atoms with E-state index in [1.807, 2.05) is 6.92 Å². The fourth-order valence-corrected chi connectivity index (χ4v) is 5.06. The molecular weight excluding hydrogens is 405 g/mol. The molecule has 1 aliphatic heterocycles. The zero-order valence-electron chi connectivity index (χ0n) is 15.4. The second-order valence-corrected chi connectivity index (χ2v) is 9.54. The van der Waals surface area contributed by atoms with Crippen LogP contribution in [0.5, 0.6) is 5.75 Å². The van der Waals surface area contributed by atoms with Crippen LogP contribution < -0.4 is 4.74 Å². The Bertz CT molecular complexity index is 980. The van der Waals surface area contributed by atoms with Gasteiger partial charge in [-0.2, -0.15) is 0 Å². The normalized spacial score (nSPS) is 18.0. The number of hydrogen-bond donors (Lipinski definition) is 0. The quantitative estimate of drug-likeness (QED) is 0.711. The van der Waals surface area contributed by atoms with Crippen LogP contribution in [-0.4, -0.2) is 43.4 Å². The van der Waals surface area contributed by atoms with E-state index in [1.165, 1.54) is 17.0 Å². The molecule has 0 unspecified atom stereocenters. The Hall–Kier alpha value is -2.12. The Labute approximate surface area is 169 Å². The highest BCUT2D eigenvalue weighted by Crippen LogP contribution is 2.23. The van der Waals surface area contributed by atoms with E-state index < -0.39 is 21.7 Å². The van der Waals surface area contributed by atoms with Crippen LogP contribution in [0, 0.1) is 12.7 Å². The molecule has 0 bridgehead atoms. The van der Waals surface area contributed by atoms with Crippen LogP contribution in [0.15, 0.2) is 42.5 Å². The minimum atomic E-state index is -3.18. The predicted octanol–water partition coefficient (Wildman–Crippen LogP) is 3.38. The van der Waals surface area contributed by atoms with Crippen molar-refractivity contribution in [3.63, 3.8) is 0 Å². The summed E-state index contributed by atoms with van der Waals surface area (Å²) >= 11 is 5.99. The molecular formula is C20H21ClFNO4S. The number of rotatable bonds is 6. The van der Waals surface area contributed by atoms with E-state index in [4.69, 9.17) is 16.3 Å². The summed E-state index contributed by atoms with van der Waals surface area (Å²) in [7, 11) is -3.18. The van der Waals surface area contributed by atoms with E-state index in [0.29, 0.717) is 22.8 Å². The van der Waals surface area contributed by atoms with Crippen molar-refractivity contribution in [1.29, 1.82) is 0 Å². The summed E-state index contributed by atoms with van der Waals surface area (Å²) in [5.74, 6) is -0.300. The molecule has 150 valence electrons. The van der Waals surface area contributed by atoms with Crippen LogP contribution in [0.1, 0.15) is 17.5 Å². The number of sulfone groups is 1. The minimum Gasteiger partial charge on any atom is -0.484 e. The first kappa shape index (κ1) is 20.6. The topological polar surface area (TPSA) is 63.7 Å². The average Bonchev–Trinajstić information content (AvgIpc) is 3.00. The lowest BCUT2D eigenvalue weighted by Crippen LogP contribution is -2.43. The molecule has 0 aromatic heterocycles. The molecule has 0 spiro atoms. The number of aryl methyl sites for hydroxylation is 1. The van der Waals surface area contributed by atoms with Crippen molar-refractivity contribution in [2.75, 3.05) is 18.1 Å². The van der Waals surface area contributed by atoms with E-state index in [1.54, 1.807) is 30.3 Å². The molecule has 0 N–H and O–H groups in total. The van der Waals surface area contributed by atoms with Gasteiger partial charge in [0.15, 0.2) is 16.4 Å². The molecule has 0 aliphatic carbocycles. The lowest BCUT2D eigenvalue weighted by molar-refractivity contribution is -0.136. The maximum Gasteiger partial charge on any atom is 0.261 e. The largest absolute Gasteiger partial charge is 0.484 e. The van der Waals surface area contributed by atoms with Gasteiger partial charge in [0, 0.05) is 17.6 Å². The number of nitrogens with zero attached hydrogens (tertiary/aromatic N) is 1. The Morgan fingerprint density at radius 2 is 2.07 bits per heavy atom. The van der Waals surface area contributed by atoms with E-state index >= 15 is 0 Å². The fraction of sp³-hybridized carbons (Fsp3) is 0.350. The van der Waals surface area contributed by atoms with Crippen molar-refractivity contribution < 1.29 is 22.3 Å². The first-order chi connectivity index (χ1) is 13.2. The lowest BCUT2D eigenvalue weighted by Gasteiger charge is -2.28. The van der Waals surface area contributed by atoms with Gasteiger partial charge in [0.2, 0.25) is 0 Å². The fourth-order valence-electron chi connectivity index (χ4n) is 3.21. The van der Waals surface area contributed by atoms with Crippen LogP contribution in [0.3, 0.4) is 0 Å². The van der Waals surface area contributed by atoms with Crippen LogP contribution in [0.25, 0.3) is 0 Å². The summed E-state index contributed by atoms with van der Waals surface area (Å²) in [6.45, 7) is 1.71. The minimum absolute atomic E-state index is 0.0435. The van der Waals surface area contributed by atoms with Crippen LogP contribution in [0.2, 0.25) is 5.02 Å². The standard InChI is InChI=1S/C20H21ClFNO4S/c1-14-9-18(5-6-19(14)21)27-12-20(24)23(17-7-8-28(25,26)13-17)11-15-3-2-4-16(22)10-15/h2-6,9-10,17H,7-8,11-13H2,1H3/t17-/m1/s1. The van der Waals surface area contributed by atoms with Gasteiger partial charge in [-0.3, -0.25) is 4.79 Å². The molecule has 5 nitrogen and oxygen atoms in total. The van der Waals surface area contributed by atoms with Gasteiger partial charge in [0.05, 0.1) is 11.5 Å². The number of hydrogen-bond acceptors (Lipinski definition) is 4. The maximum absolute atomic E-state index is 13.5. The summed E-state index contributed by atoms with van der Waals surface area (Å²) in [5.41, 5.74) is 1.42. The summed E-state index contributed by atoms with van der Waals surface area (Å²) in [4.78, 5) is 14.3. The number of carbonyl (C=O) groups excluding carboxylic acids is 1. The van der Waals surface area contributed by atoms with Gasteiger partial charge in [-0.25, -0.2) is 12.8 Å². The maximum atomic E-state index is 13.5. The highest BCUT2D eigenvalue weighted by Gasteiger charge is 2.34. The van der Waals surface area contributed by atoms with Crippen molar-refractivity contribution in [2.45, 2.75) is 25.9 Å². The van der Waals surface area contributed by atoms with E-state index in [2.05, 4.69) is 0 Å². The molecule has 1 fully saturated rings. The van der Waals surface area contributed by atoms with Gasteiger partial charge in [0.1, 0.15) is 11.6 Å². The summed E-state index contributed by atoms with van der Waals surface area (Å²) in [6.07, 6.45) is 0.365. The van der Waals surface area contributed by atoms with Crippen molar-refractivity contribution in [2.24, 2.45) is 0 Å². The number of halogens is 2. The molecule has 1 heterocycles. The summed E-state index contributed by atoms with van der Waals surface area (Å²) in [6, 6.07) is 10.6. The third kappa shape index (κ3) is 5.23. The number of carbonyl (C=O) groups is 1. The second kappa shape index (κ2) is 8.49. The Balaban J connectivity index is 1.75. The third-order valence-corrected chi connectivity index (χ3v) is 6.88. The Morgan fingerprint density at radius 3 is 2.71 bits per heavy atom. The van der Waals surface area contributed by atoms with Gasteiger partial charge in [-0.05, 0) is 54.8 Å². The smallest absolute Gasteiger partial charge is 0.261 e. The third-order valence-electron chi connectivity index (χ3n) is 4.70. The molecule has 3 rings (SSSR count). The zero-order valence-corrected chi connectivity index (χ0v) is 17.0. The molecule has 2 aromatic carbocycles. The van der Waals surface area contributed by atoms with E-state index in [0.717, 1.165) is 5.56 Å². The van der Waals surface area contributed by atoms with Crippen LogP contribution in [0.4, 0.5) is 4.39 Å². The van der Waals surface area contributed by atoms with Crippen LogP contribution in [-0.2, 0) is 21.2 Å². The molecule has 28 heavy (non-hydrogen) atoms. The molecule has 2 aromatic rings. The van der Waals surface area contributed by atoms with E-state index in [9.17, 15) is 17.6 Å². The monoisotopic (exact) mass is 425 g/mol. The van der Waals surface area contributed by atoms with E-state index in [-0.39, 0.29) is 30.6 Å². The highest BCUT2D eigenvalue weighted by molar-refractivity contribution is 7.91. The Morgan fingerprint density at radius 1 is 1.29 bits per heavy atom. The Kier molecular flexibility index (Phi) is 6.25. The summed E-state index contributed by atoms with van der Waals surface area (Å²) in [5, 5.41) is 0.600. The average molecular weight is 426 g/mol. The van der Waals surface area contributed by atoms with Gasteiger partial charge in [0.25, 0.3) is 5.91 Å². The van der Waals surface area contributed by atoms with Gasteiger partial charge in [-0.15, -0.1) is 0 Å². The molecule has 1 saturated heterocycles. The lowest BCUT2D eigenvalue weighted by atomic mass is 10.1. The number of benzene rings is 2. The number of ether oxygens (including phenoxy) is 1. The van der Waals surface area contributed by atoms with Gasteiger partial charge < -0.3 is 9.64 Å². The first-order valence-electron chi connectivity index (χ1n) is 8.87. The SMILES string of the molecule is Cc1cc(OCC(=O)N(Cc2cccc(F)c2)[C@@H]2CCS(=O)(=O)C2)ccc1Cl. The van der Waals surface area contributed by atoms with Crippen molar-refractivity contribution >= 4 is 27.3 Å². The second-order valence-electron chi connectivity index (χ2n) is 6.91. The molecule has 0 radical (unpaired) electrons. The molecule has 1 amide bonds. The van der Waals surface area contributed by atoms with Crippen molar-refractivity contribution in [1.82, 2.24) is 4.90 Å². The first-order valence-corrected chi connectivity index (χ1v) is 11.1. The van der Waals surface area contributed by atoms with Crippen LogP contribution >= 0.6 is 11.6 Å². The van der Waals surface area contributed by atoms with Gasteiger partial charge in [-0.1, -0.05) is 23.7 Å². The molecule has 1 aliphatic rings. The number of amides is 1. The highest BCUT2D eigenvalue weighted by atomic mass is 35.5.